The number of methoxy groups -OCH3 is 1. The molecule has 0 unspecified atom stereocenters. The van der Waals surface area contributed by atoms with Crippen molar-refractivity contribution in [2.24, 2.45) is 11.8 Å². The van der Waals surface area contributed by atoms with E-state index in [0.717, 1.165) is 62.6 Å². The number of carbonyl (C=O) groups excluding carboxylic acids is 1. The number of likely N-dealkylation sites (tertiary alicyclic amines) is 2. The summed E-state index contributed by atoms with van der Waals surface area (Å²) in [6.07, 6.45) is 21.3. The number of hydrogen-bond donors (Lipinski definition) is 1. The minimum absolute atomic E-state index is 0.0979. The van der Waals surface area contributed by atoms with Crippen molar-refractivity contribution in [1.29, 1.82) is 0 Å². The number of halogens is 6. The highest BCUT2D eigenvalue weighted by Gasteiger charge is 2.32. The van der Waals surface area contributed by atoms with Crippen LogP contribution in [0.1, 0.15) is 125 Å². The Labute approximate surface area is 388 Å². The van der Waals surface area contributed by atoms with Crippen LogP contribution in [0.2, 0.25) is 0 Å². The molecular weight excluding hydrogens is 855 g/mol. The summed E-state index contributed by atoms with van der Waals surface area (Å²) in [7, 11) is 1.34. The van der Waals surface area contributed by atoms with E-state index >= 15 is 0 Å². The Morgan fingerprint density at radius 2 is 1.24 bits per heavy atom. The van der Waals surface area contributed by atoms with Gasteiger partial charge in [-0.1, -0.05) is 61.8 Å². The fourth-order valence-electron chi connectivity index (χ4n) is 10.4. The number of benzene rings is 3. The van der Waals surface area contributed by atoms with Gasteiger partial charge in [-0.15, -0.1) is 0 Å². The molecule has 3 aromatic carbocycles. The Balaban J connectivity index is 0.000000239. The van der Waals surface area contributed by atoms with E-state index in [4.69, 9.17) is 4.74 Å². The Morgan fingerprint density at radius 1 is 0.697 bits per heavy atom. The van der Waals surface area contributed by atoms with Crippen molar-refractivity contribution in [2.45, 2.75) is 122 Å². The second kappa shape index (κ2) is 25.7. The van der Waals surface area contributed by atoms with Gasteiger partial charge in [-0.25, -0.2) is 17.6 Å². The Hall–Kier alpha value is -4.33. The first-order valence-corrected chi connectivity index (χ1v) is 24.2. The summed E-state index contributed by atoms with van der Waals surface area (Å²) in [5, 5.41) is 3.54. The lowest BCUT2D eigenvalue weighted by Crippen LogP contribution is -2.45. The van der Waals surface area contributed by atoms with Gasteiger partial charge in [0.15, 0.2) is 11.5 Å². The van der Waals surface area contributed by atoms with E-state index < -0.39 is 29.9 Å². The van der Waals surface area contributed by atoms with Crippen LogP contribution >= 0.6 is 0 Å². The lowest BCUT2D eigenvalue weighted by atomic mass is 9.89. The Bertz CT molecular complexity index is 2070. The zero-order valence-electron chi connectivity index (χ0n) is 39.1. The molecule has 1 N–H and O–H groups in total. The maximum absolute atomic E-state index is 14.3. The SMILES string of the molecule is C/C(=C\c1ccc(F)cc1F)CNC[C@@H]1CCCN1CC1CCCCC1.COc1ccc(C(=O)N(C/C(C)=C/c2ccc(F)cc2F)C[C@@H]2CCCN2CC2CCCCC2)cc1OC(F)F. The molecule has 3 aromatic rings. The predicted octanol–water partition coefficient (Wildman–Crippen LogP) is 12.2. The van der Waals surface area contributed by atoms with Gasteiger partial charge in [0.1, 0.15) is 23.3 Å². The minimum Gasteiger partial charge on any atom is -0.493 e. The van der Waals surface area contributed by atoms with Crippen molar-refractivity contribution < 1.29 is 40.6 Å². The first kappa shape index (κ1) is 51.1. The number of nitrogens with zero attached hydrogens (tertiary/aromatic N) is 3. The van der Waals surface area contributed by atoms with Crippen molar-refractivity contribution in [3.8, 4) is 11.5 Å². The third-order valence-corrected chi connectivity index (χ3v) is 13.7. The molecular formula is C53H70F6N4O3. The van der Waals surface area contributed by atoms with Crippen LogP contribution in [0.4, 0.5) is 26.3 Å². The summed E-state index contributed by atoms with van der Waals surface area (Å²) in [6.45, 7) is 7.57. The topological polar surface area (TPSA) is 57.3 Å². The molecule has 2 saturated carbocycles. The molecule has 66 heavy (non-hydrogen) atoms. The number of ether oxygens (including phenoxy) is 2. The fourth-order valence-corrected chi connectivity index (χ4v) is 10.4. The second-order valence-electron chi connectivity index (χ2n) is 19.0. The summed E-state index contributed by atoms with van der Waals surface area (Å²) in [5.41, 5.74) is 2.63. The molecule has 4 aliphatic rings. The third kappa shape index (κ3) is 15.6. The molecule has 4 fully saturated rings. The number of nitrogens with one attached hydrogen (secondary N) is 1. The quantitative estimate of drug-likeness (QED) is 0.128. The van der Waals surface area contributed by atoms with Crippen LogP contribution in [0, 0.1) is 35.1 Å². The van der Waals surface area contributed by atoms with E-state index in [9.17, 15) is 31.1 Å². The van der Waals surface area contributed by atoms with Crippen molar-refractivity contribution >= 4 is 18.1 Å². The first-order valence-electron chi connectivity index (χ1n) is 24.2. The smallest absolute Gasteiger partial charge is 0.387 e. The van der Waals surface area contributed by atoms with Gasteiger partial charge in [-0.2, -0.15) is 8.78 Å². The highest BCUT2D eigenvalue weighted by Crippen LogP contribution is 2.32. The highest BCUT2D eigenvalue weighted by molar-refractivity contribution is 5.95. The molecule has 2 aliphatic heterocycles. The maximum Gasteiger partial charge on any atom is 0.387 e. The average molecular weight is 925 g/mol. The molecule has 1 amide bonds. The van der Waals surface area contributed by atoms with Gasteiger partial charge in [0.25, 0.3) is 5.91 Å². The zero-order chi connectivity index (χ0) is 47.0. The van der Waals surface area contributed by atoms with Gasteiger partial charge in [0, 0.05) is 80.2 Å². The van der Waals surface area contributed by atoms with Gasteiger partial charge >= 0.3 is 6.61 Å². The molecule has 362 valence electrons. The number of hydrogen-bond acceptors (Lipinski definition) is 6. The van der Waals surface area contributed by atoms with Crippen LogP contribution in [-0.2, 0) is 0 Å². The van der Waals surface area contributed by atoms with Gasteiger partial charge < -0.3 is 19.7 Å². The van der Waals surface area contributed by atoms with Crippen molar-refractivity contribution in [2.75, 3.05) is 59.5 Å². The van der Waals surface area contributed by atoms with Crippen LogP contribution in [0.3, 0.4) is 0 Å². The molecule has 2 saturated heterocycles. The number of alkyl halides is 2. The lowest BCUT2D eigenvalue weighted by Gasteiger charge is -2.34. The number of amides is 1. The Kier molecular flexibility index (Phi) is 19.9. The highest BCUT2D eigenvalue weighted by atomic mass is 19.3. The molecule has 13 heteroatoms. The fraction of sp³-hybridized carbons (Fsp3) is 0.566. The summed E-state index contributed by atoms with van der Waals surface area (Å²) < 4.78 is 90.3. The van der Waals surface area contributed by atoms with Crippen LogP contribution in [0.5, 0.6) is 11.5 Å². The normalized spacial score (nSPS) is 20.4. The summed E-state index contributed by atoms with van der Waals surface area (Å²) in [5.74, 6) is -1.29. The standard InChI is InChI=1S/C31H38F4N2O3.C22H32F2N2/c1-21(15-23-10-12-25(32)17-27(23)33)18-37(20-26-9-6-14-36(26)19-22-7-4-3-5-8-22)30(38)24-11-13-28(39-2)29(16-24)40-31(34)35;1-17(12-19-9-10-20(23)13-22(19)24)14-25-15-21-8-5-11-26(21)16-18-6-3-2-4-7-18/h10-13,15-17,22,26,31H,3-9,14,18-20H2,1-2H3;9-10,12-13,18,21,25H,2-8,11,14-16H2,1H3/b21-15+;17-12+/t26-;21-/m00/s1. The molecule has 7 rings (SSSR count). The molecule has 2 aliphatic carbocycles. The van der Waals surface area contributed by atoms with Crippen molar-refractivity contribution in [1.82, 2.24) is 20.0 Å². The molecule has 0 spiro atoms. The van der Waals surface area contributed by atoms with E-state index in [1.807, 2.05) is 6.92 Å². The molecule has 0 radical (unpaired) electrons. The summed E-state index contributed by atoms with van der Waals surface area (Å²) >= 11 is 0. The van der Waals surface area contributed by atoms with Gasteiger partial charge in [0.05, 0.1) is 7.11 Å². The van der Waals surface area contributed by atoms with Crippen molar-refractivity contribution in [3.63, 3.8) is 0 Å². The third-order valence-electron chi connectivity index (χ3n) is 13.7. The maximum atomic E-state index is 14.3. The molecule has 2 atom stereocenters. The van der Waals surface area contributed by atoms with E-state index in [0.29, 0.717) is 29.6 Å². The van der Waals surface area contributed by atoms with E-state index in [-0.39, 0.29) is 41.1 Å². The Morgan fingerprint density at radius 3 is 1.79 bits per heavy atom. The van der Waals surface area contributed by atoms with E-state index in [1.165, 1.54) is 140 Å². The lowest BCUT2D eigenvalue weighted by molar-refractivity contribution is -0.0512. The van der Waals surface area contributed by atoms with Crippen LogP contribution in [0.25, 0.3) is 12.2 Å². The average Bonchev–Trinajstić information content (AvgIpc) is 3.94. The van der Waals surface area contributed by atoms with Crippen LogP contribution in [-0.4, -0.2) is 98.8 Å². The number of carbonyl (C=O) groups is 1. The molecule has 2 heterocycles. The van der Waals surface area contributed by atoms with Gasteiger partial charge in [-0.3, -0.25) is 14.6 Å². The van der Waals surface area contributed by atoms with E-state index in [2.05, 4.69) is 19.9 Å². The summed E-state index contributed by atoms with van der Waals surface area (Å²) in [6, 6.07) is 12.1. The van der Waals surface area contributed by atoms with Crippen LogP contribution in [0.15, 0.2) is 65.7 Å². The number of rotatable bonds is 18. The second-order valence-corrected chi connectivity index (χ2v) is 19.0. The molecule has 0 bridgehead atoms. The van der Waals surface area contributed by atoms with Crippen LogP contribution < -0.4 is 14.8 Å². The zero-order valence-corrected chi connectivity index (χ0v) is 39.1. The molecule has 0 aromatic heterocycles. The predicted molar refractivity (Wildman–Crippen MR) is 251 cm³/mol. The van der Waals surface area contributed by atoms with Gasteiger partial charge in [0.2, 0.25) is 0 Å². The first-order chi connectivity index (χ1) is 31.8. The minimum atomic E-state index is -3.07. The monoisotopic (exact) mass is 925 g/mol. The van der Waals surface area contributed by atoms with Crippen molar-refractivity contribution in [3.05, 3.63) is 106 Å². The van der Waals surface area contributed by atoms with Gasteiger partial charge in [-0.05, 0) is 133 Å². The largest absolute Gasteiger partial charge is 0.493 e. The molecule has 7 nitrogen and oxygen atoms in total. The van der Waals surface area contributed by atoms with E-state index in [1.54, 1.807) is 24.0 Å². The summed E-state index contributed by atoms with van der Waals surface area (Å²) in [4.78, 5) is 20.7.